The average Bonchev–Trinajstić information content (AvgIpc) is 3.10. The topological polar surface area (TPSA) is 60.9 Å². The predicted molar refractivity (Wildman–Crippen MR) is 73.8 cm³/mol. The molecule has 2 amide bonds. The van der Waals surface area contributed by atoms with Gasteiger partial charge in [-0.25, -0.2) is 0 Å². The summed E-state index contributed by atoms with van der Waals surface area (Å²) in [6.45, 7) is 1.85. The van der Waals surface area contributed by atoms with Crippen molar-refractivity contribution >= 4 is 11.8 Å². The fourth-order valence-corrected chi connectivity index (χ4v) is 3.24. The summed E-state index contributed by atoms with van der Waals surface area (Å²) in [4.78, 5) is 28.3. The molecule has 1 saturated heterocycles. The summed E-state index contributed by atoms with van der Waals surface area (Å²) in [5, 5.41) is 9.16. The minimum atomic E-state index is -0.187. The molecular formula is C15H24N2O3. The van der Waals surface area contributed by atoms with Gasteiger partial charge in [-0.2, -0.15) is 0 Å². The number of aliphatic hydroxyl groups excluding tert-OH is 1. The van der Waals surface area contributed by atoms with E-state index >= 15 is 0 Å². The SMILES string of the molecule is O=C1CC(C(=O)N(CCO)C2CCC2)CN1CC1CC1. The molecule has 5 heteroatoms. The van der Waals surface area contributed by atoms with Crippen LogP contribution in [0, 0.1) is 11.8 Å². The summed E-state index contributed by atoms with van der Waals surface area (Å²) in [5.74, 6) is 0.699. The van der Waals surface area contributed by atoms with E-state index in [0.29, 0.717) is 31.5 Å². The summed E-state index contributed by atoms with van der Waals surface area (Å²) in [7, 11) is 0. The lowest BCUT2D eigenvalue weighted by atomic mass is 9.90. The highest BCUT2D eigenvalue weighted by Crippen LogP contribution is 2.33. The Morgan fingerprint density at radius 1 is 1.30 bits per heavy atom. The van der Waals surface area contributed by atoms with Crippen LogP contribution in [0.3, 0.4) is 0 Å². The molecule has 1 heterocycles. The number of nitrogens with zero attached hydrogens (tertiary/aromatic N) is 2. The first-order valence-electron chi connectivity index (χ1n) is 7.88. The molecule has 0 aromatic carbocycles. The number of carbonyl (C=O) groups excluding carboxylic acids is 2. The van der Waals surface area contributed by atoms with Crippen molar-refractivity contribution in [2.75, 3.05) is 26.2 Å². The number of hydrogen-bond acceptors (Lipinski definition) is 3. The van der Waals surface area contributed by atoms with E-state index in [1.165, 1.54) is 12.8 Å². The largest absolute Gasteiger partial charge is 0.395 e. The second-order valence-electron chi connectivity index (χ2n) is 6.48. The van der Waals surface area contributed by atoms with Crippen LogP contribution in [0.5, 0.6) is 0 Å². The van der Waals surface area contributed by atoms with Crippen molar-refractivity contribution in [3.8, 4) is 0 Å². The zero-order chi connectivity index (χ0) is 14.1. The van der Waals surface area contributed by atoms with E-state index in [1.807, 2.05) is 9.80 Å². The van der Waals surface area contributed by atoms with Crippen molar-refractivity contribution in [2.24, 2.45) is 11.8 Å². The average molecular weight is 280 g/mol. The third kappa shape index (κ3) is 2.82. The summed E-state index contributed by atoms with van der Waals surface area (Å²) in [6, 6.07) is 0.294. The van der Waals surface area contributed by atoms with Gasteiger partial charge in [0, 0.05) is 32.1 Å². The summed E-state index contributed by atoms with van der Waals surface area (Å²) >= 11 is 0. The molecule has 0 radical (unpaired) electrons. The highest BCUT2D eigenvalue weighted by Gasteiger charge is 2.40. The Morgan fingerprint density at radius 2 is 2.05 bits per heavy atom. The number of hydrogen-bond donors (Lipinski definition) is 1. The van der Waals surface area contributed by atoms with Gasteiger partial charge in [0.15, 0.2) is 0 Å². The second-order valence-corrected chi connectivity index (χ2v) is 6.48. The van der Waals surface area contributed by atoms with Gasteiger partial charge < -0.3 is 14.9 Å². The van der Waals surface area contributed by atoms with Gasteiger partial charge in [0.25, 0.3) is 0 Å². The third-order valence-electron chi connectivity index (χ3n) is 4.88. The van der Waals surface area contributed by atoms with Crippen molar-refractivity contribution in [1.82, 2.24) is 9.80 Å². The van der Waals surface area contributed by atoms with Crippen LogP contribution in [-0.4, -0.2) is 59.0 Å². The highest BCUT2D eigenvalue weighted by atomic mass is 16.3. The van der Waals surface area contributed by atoms with Gasteiger partial charge in [0.1, 0.15) is 0 Å². The fraction of sp³-hybridized carbons (Fsp3) is 0.867. The van der Waals surface area contributed by atoms with Crippen LogP contribution in [0.2, 0.25) is 0 Å². The van der Waals surface area contributed by atoms with Crippen LogP contribution in [0.15, 0.2) is 0 Å². The van der Waals surface area contributed by atoms with Gasteiger partial charge in [-0.15, -0.1) is 0 Å². The lowest BCUT2D eigenvalue weighted by Crippen LogP contribution is -2.48. The molecule has 3 rings (SSSR count). The maximum atomic E-state index is 12.6. The zero-order valence-electron chi connectivity index (χ0n) is 12.0. The first-order valence-corrected chi connectivity index (χ1v) is 7.88. The molecule has 0 spiro atoms. The maximum Gasteiger partial charge on any atom is 0.228 e. The Morgan fingerprint density at radius 3 is 2.60 bits per heavy atom. The lowest BCUT2D eigenvalue weighted by molar-refractivity contribution is -0.140. The quantitative estimate of drug-likeness (QED) is 0.776. The summed E-state index contributed by atoms with van der Waals surface area (Å²) in [6.07, 6.45) is 6.05. The number of amides is 2. The monoisotopic (exact) mass is 280 g/mol. The Bertz CT molecular complexity index is 391. The number of carbonyl (C=O) groups is 2. The van der Waals surface area contributed by atoms with Crippen molar-refractivity contribution in [1.29, 1.82) is 0 Å². The van der Waals surface area contributed by atoms with Crippen LogP contribution in [0.25, 0.3) is 0 Å². The molecular weight excluding hydrogens is 256 g/mol. The van der Waals surface area contributed by atoms with Gasteiger partial charge in [-0.1, -0.05) is 0 Å². The first kappa shape index (κ1) is 13.9. The fourth-order valence-electron chi connectivity index (χ4n) is 3.24. The minimum absolute atomic E-state index is 0.00863. The normalized spacial score (nSPS) is 26.8. The van der Waals surface area contributed by atoms with Crippen molar-refractivity contribution in [3.05, 3.63) is 0 Å². The molecule has 3 fully saturated rings. The van der Waals surface area contributed by atoms with Crippen LogP contribution < -0.4 is 0 Å². The van der Waals surface area contributed by atoms with Gasteiger partial charge in [0.05, 0.1) is 12.5 Å². The lowest BCUT2D eigenvalue weighted by Gasteiger charge is -2.38. The smallest absolute Gasteiger partial charge is 0.228 e. The molecule has 5 nitrogen and oxygen atoms in total. The van der Waals surface area contributed by atoms with E-state index in [1.54, 1.807) is 0 Å². The predicted octanol–water partition coefficient (Wildman–Crippen LogP) is 0.618. The molecule has 1 atom stereocenters. The molecule has 1 unspecified atom stereocenters. The van der Waals surface area contributed by atoms with E-state index in [4.69, 9.17) is 5.11 Å². The second kappa shape index (κ2) is 5.72. The third-order valence-corrected chi connectivity index (χ3v) is 4.88. The Kier molecular flexibility index (Phi) is 3.96. The molecule has 0 bridgehead atoms. The molecule has 0 aromatic rings. The van der Waals surface area contributed by atoms with E-state index in [9.17, 15) is 9.59 Å². The van der Waals surface area contributed by atoms with Gasteiger partial charge in [-0.3, -0.25) is 9.59 Å². The minimum Gasteiger partial charge on any atom is -0.395 e. The van der Waals surface area contributed by atoms with Crippen LogP contribution in [0.4, 0.5) is 0 Å². The standard InChI is InChI=1S/C15H24N2O3/c18-7-6-17(13-2-1-3-13)15(20)12-8-14(19)16(10-12)9-11-4-5-11/h11-13,18H,1-10H2. The molecule has 2 aliphatic carbocycles. The van der Waals surface area contributed by atoms with E-state index < -0.39 is 0 Å². The molecule has 20 heavy (non-hydrogen) atoms. The molecule has 0 aromatic heterocycles. The molecule has 112 valence electrons. The summed E-state index contributed by atoms with van der Waals surface area (Å²) in [5.41, 5.74) is 0. The number of rotatable bonds is 6. The molecule has 1 aliphatic heterocycles. The Balaban J connectivity index is 1.59. The van der Waals surface area contributed by atoms with E-state index in [-0.39, 0.29) is 24.3 Å². The molecule has 2 saturated carbocycles. The number of aliphatic hydroxyl groups is 1. The molecule has 1 N–H and O–H groups in total. The van der Waals surface area contributed by atoms with Gasteiger partial charge >= 0.3 is 0 Å². The van der Waals surface area contributed by atoms with Gasteiger partial charge in [-0.05, 0) is 38.0 Å². The number of likely N-dealkylation sites (tertiary alicyclic amines) is 1. The van der Waals surface area contributed by atoms with Crippen molar-refractivity contribution in [2.45, 2.75) is 44.6 Å². The van der Waals surface area contributed by atoms with Gasteiger partial charge in [0.2, 0.25) is 11.8 Å². The first-order chi connectivity index (χ1) is 9.69. The van der Waals surface area contributed by atoms with E-state index in [0.717, 1.165) is 25.8 Å². The van der Waals surface area contributed by atoms with Crippen molar-refractivity contribution < 1.29 is 14.7 Å². The van der Waals surface area contributed by atoms with Crippen molar-refractivity contribution in [3.63, 3.8) is 0 Å². The maximum absolute atomic E-state index is 12.6. The van der Waals surface area contributed by atoms with Crippen LogP contribution in [0.1, 0.15) is 38.5 Å². The van der Waals surface area contributed by atoms with Crippen LogP contribution in [-0.2, 0) is 9.59 Å². The summed E-state index contributed by atoms with van der Waals surface area (Å²) < 4.78 is 0. The molecule has 3 aliphatic rings. The van der Waals surface area contributed by atoms with E-state index in [2.05, 4.69) is 0 Å². The zero-order valence-corrected chi connectivity index (χ0v) is 12.0. The highest BCUT2D eigenvalue weighted by molar-refractivity contribution is 5.89. The Labute approximate surface area is 119 Å². The van der Waals surface area contributed by atoms with Crippen LogP contribution >= 0.6 is 0 Å². The Hall–Kier alpha value is -1.10.